The van der Waals surface area contributed by atoms with Gasteiger partial charge in [0.25, 0.3) is 0 Å². The molecule has 0 bridgehead atoms. The summed E-state index contributed by atoms with van der Waals surface area (Å²) in [6.07, 6.45) is 3.51. The van der Waals surface area contributed by atoms with Gasteiger partial charge >= 0.3 is 0 Å². The van der Waals surface area contributed by atoms with Crippen molar-refractivity contribution in [3.8, 4) is 6.07 Å². The second-order valence-electron chi connectivity index (χ2n) is 4.76. The molecule has 15 heavy (non-hydrogen) atoms. The molecule has 0 saturated heterocycles. The number of rotatable bonds is 3. The highest BCUT2D eigenvalue weighted by Crippen LogP contribution is 2.28. The van der Waals surface area contributed by atoms with Crippen LogP contribution in [0.2, 0.25) is 0 Å². The zero-order valence-electron chi connectivity index (χ0n) is 9.44. The van der Waals surface area contributed by atoms with Crippen LogP contribution in [0.4, 0.5) is 0 Å². The molecule has 1 heterocycles. The summed E-state index contributed by atoms with van der Waals surface area (Å²) in [4.78, 5) is 3.98. The maximum Gasteiger partial charge on any atom is 0.212 e. The Morgan fingerprint density at radius 2 is 2.27 bits per heavy atom. The first-order valence-corrected chi connectivity index (χ1v) is 5.64. The van der Waals surface area contributed by atoms with Crippen LogP contribution in [-0.2, 0) is 6.54 Å². The van der Waals surface area contributed by atoms with E-state index in [1.165, 1.54) is 0 Å². The van der Waals surface area contributed by atoms with Crippen molar-refractivity contribution in [3.63, 3.8) is 0 Å². The van der Waals surface area contributed by atoms with Crippen molar-refractivity contribution in [2.24, 2.45) is 11.3 Å². The number of aromatic nitrogens is 2. The minimum Gasteiger partial charge on any atom is -0.322 e. The highest BCUT2D eigenvalue weighted by Gasteiger charge is 2.24. The van der Waals surface area contributed by atoms with Gasteiger partial charge in [0.15, 0.2) is 0 Å². The second kappa shape index (κ2) is 4.71. The Morgan fingerprint density at radius 1 is 1.60 bits per heavy atom. The van der Waals surface area contributed by atoms with Crippen molar-refractivity contribution in [2.75, 3.05) is 5.75 Å². The molecule has 1 aromatic heterocycles. The van der Waals surface area contributed by atoms with Gasteiger partial charge in [-0.25, -0.2) is 4.98 Å². The topological polar surface area (TPSA) is 41.6 Å². The lowest BCUT2D eigenvalue weighted by atomic mass is 9.82. The van der Waals surface area contributed by atoms with E-state index in [-0.39, 0.29) is 5.41 Å². The SMILES string of the molecule is CC(C)(C)C(CS)Cn1ccnc1C#N. The molecule has 4 heteroatoms. The molecular weight excluding hydrogens is 206 g/mol. The Kier molecular flexibility index (Phi) is 3.81. The van der Waals surface area contributed by atoms with E-state index in [4.69, 9.17) is 5.26 Å². The van der Waals surface area contributed by atoms with Gasteiger partial charge in [-0.1, -0.05) is 20.8 Å². The third-order valence-electron chi connectivity index (χ3n) is 2.68. The van der Waals surface area contributed by atoms with Crippen LogP contribution in [0.3, 0.4) is 0 Å². The number of nitrogens with zero attached hydrogens (tertiary/aromatic N) is 3. The van der Waals surface area contributed by atoms with Crippen LogP contribution in [0.15, 0.2) is 12.4 Å². The maximum absolute atomic E-state index is 8.84. The summed E-state index contributed by atoms with van der Waals surface area (Å²) in [6.45, 7) is 7.38. The van der Waals surface area contributed by atoms with Crippen LogP contribution in [0.25, 0.3) is 0 Å². The summed E-state index contributed by atoms with van der Waals surface area (Å²) >= 11 is 4.37. The molecule has 82 valence electrons. The monoisotopic (exact) mass is 223 g/mol. The predicted molar refractivity (Wildman–Crippen MR) is 63.7 cm³/mol. The van der Waals surface area contributed by atoms with E-state index in [9.17, 15) is 0 Å². The van der Waals surface area contributed by atoms with Crippen LogP contribution in [0.1, 0.15) is 26.6 Å². The first kappa shape index (κ1) is 12.1. The van der Waals surface area contributed by atoms with Crippen LogP contribution in [0, 0.1) is 22.7 Å². The van der Waals surface area contributed by atoms with Crippen molar-refractivity contribution in [3.05, 3.63) is 18.2 Å². The average molecular weight is 223 g/mol. The molecule has 3 nitrogen and oxygen atoms in total. The lowest BCUT2D eigenvalue weighted by Crippen LogP contribution is -2.27. The van der Waals surface area contributed by atoms with Gasteiger partial charge in [0.05, 0.1) is 0 Å². The zero-order chi connectivity index (χ0) is 11.5. The second-order valence-corrected chi connectivity index (χ2v) is 5.13. The predicted octanol–water partition coefficient (Wildman–Crippen LogP) is 2.35. The van der Waals surface area contributed by atoms with E-state index in [2.05, 4.69) is 44.5 Å². The molecule has 0 aromatic carbocycles. The summed E-state index contributed by atoms with van der Waals surface area (Å²) in [5.74, 6) is 1.72. The Hall–Kier alpha value is -0.950. The molecule has 0 saturated carbocycles. The summed E-state index contributed by atoms with van der Waals surface area (Å²) in [5, 5.41) is 8.84. The molecule has 0 spiro atoms. The first-order valence-electron chi connectivity index (χ1n) is 5.01. The zero-order valence-corrected chi connectivity index (χ0v) is 10.3. The Balaban J connectivity index is 2.81. The van der Waals surface area contributed by atoms with Gasteiger partial charge in [0.2, 0.25) is 5.82 Å². The van der Waals surface area contributed by atoms with Crippen molar-refractivity contribution in [2.45, 2.75) is 27.3 Å². The molecule has 0 aliphatic heterocycles. The number of thiol groups is 1. The fourth-order valence-corrected chi connectivity index (χ4v) is 2.08. The Bertz CT molecular complexity index is 357. The van der Waals surface area contributed by atoms with Gasteiger partial charge in [0, 0.05) is 18.9 Å². The van der Waals surface area contributed by atoms with Gasteiger partial charge in [-0.3, -0.25) is 0 Å². The van der Waals surface area contributed by atoms with Crippen molar-refractivity contribution in [1.82, 2.24) is 9.55 Å². The fraction of sp³-hybridized carbons (Fsp3) is 0.636. The lowest BCUT2D eigenvalue weighted by Gasteiger charge is -2.29. The first-order chi connectivity index (χ1) is 6.99. The van der Waals surface area contributed by atoms with Gasteiger partial charge < -0.3 is 4.57 Å². The third-order valence-corrected chi connectivity index (χ3v) is 3.12. The molecule has 0 amide bonds. The van der Waals surface area contributed by atoms with E-state index < -0.39 is 0 Å². The summed E-state index contributed by atoms with van der Waals surface area (Å²) in [6, 6.07) is 2.08. The van der Waals surface area contributed by atoms with E-state index in [0.29, 0.717) is 11.7 Å². The van der Waals surface area contributed by atoms with E-state index in [1.807, 2.05) is 10.8 Å². The number of nitriles is 1. The smallest absolute Gasteiger partial charge is 0.212 e. The number of hydrogen-bond donors (Lipinski definition) is 1. The van der Waals surface area contributed by atoms with Gasteiger partial charge in [-0.2, -0.15) is 17.9 Å². The minimum absolute atomic E-state index is 0.193. The number of imidazole rings is 1. The third kappa shape index (κ3) is 3.00. The molecule has 0 fully saturated rings. The van der Waals surface area contributed by atoms with E-state index in [1.54, 1.807) is 6.20 Å². The maximum atomic E-state index is 8.84. The molecule has 1 aromatic rings. The van der Waals surface area contributed by atoms with E-state index in [0.717, 1.165) is 12.3 Å². The van der Waals surface area contributed by atoms with Crippen LogP contribution >= 0.6 is 12.6 Å². The fourth-order valence-electron chi connectivity index (χ4n) is 1.41. The normalized spacial score (nSPS) is 13.5. The highest BCUT2D eigenvalue weighted by atomic mass is 32.1. The molecule has 0 aliphatic carbocycles. The molecule has 1 atom stereocenters. The van der Waals surface area contributed by atoms with Crippen LogP contribution in [-0.4, -0.2) is 15.3 Å². The number of hydrogen-bond acceptors (Lipinski definition) is 3. The molecule has 0 radical (unpaired) electrons. The Morgan fingerprint density at radius 3 is 2.73 bits per heavy atom. The highest BCUT2D eigenvalue weighted by molar-refractivity contribution is 7.80. The van der Waals surface area contributed by atoms with Crippen molar-refractivity contribution >= 4 is 12.6 Å². The standard InChI is InChI=1S/C11H17N3S/c1-11(2,3)9(8-15)7-14-5-4-13-10(14)6-12/h4-5,9,15H,7-8H2,1-3H3. The average Bonchev–Trinajstić information content (AvgIpc) is 2.59. The molecule has 1 rings (SSSR count). The minimum atomic E-state index is 0.193. The molecule has 1 unspecified atom stereocenters. The van der Waals surface area contributed by atoms with Crippen LogP contribution < -0.4 is 0 Å². The summed E-state index contributed by atoms with van der Waals surface area (Å²) < 4.78 is 1.89. The quantitative estimate of drug-likeness (QED) is 0.799. The van der Waals surface area contributed by atoms with Gasteiger partial charge in [-0.15, -0.1) is 0 Å². The Labute approximate surface area is 96.5 Å². The van der Waals surface area contributed by atoms with Crippen molar-refractivity contribution in [1.29, 1.82) is 5.26 Å². The van der Waals surface area contributed by atoms with Gasteiger partial charge in [0.1, 0.15) is 6.07 Å². The lowest BCUT2D eigenvalue weighted by molar-refractivity contribution is 0.238. The van der Waals surface area contributed by atoms with Gasteiger partial charge in [-0.05, 0) is 17.1 Å². The van der Waals surface area contributed by atoms with Crippen LogP contribution in [0.5, 0.6) is 0 Å². The van der Waals surface area contributed by atoms with Crippen molar-refractivity contribution < 1.29 is 0 Å². The van der Waals surface area contributed by atoms with E-state index >= 15 is 0 Å². The largest absolute Gasteiger partial charge is 0.322 e. The summed E-state index contributed by atoms with van der Waals surface area (Å²) in [5.41, 5.74) is 0.193. The molecule has 0 aliphatic rings. The molecular formula is C11H17N3S. The molecule has 0 N–H and O–H groups in total. The summed E-state index contributed by atoms with van der Waals surface area (Å²) in [7, 11) is 0.